The number of amides is 1. The number of hydrogen-bond acceptors (Lipinski definition) is 3. The van der Waals surface area contributed by atoms with Gasteiger partial charge in [-0.3, -0.25) is 4.79 Å². The van der Waals surface area contributed by atoms with Gasteiger partial charge in [0.25, 0.3) is 5.91 Å². The Balaban J connectivity index is 0.00000161. The molecule has 6 heteroatoms. The van der Waals surface area contributed by atoms with Crippen molar-refractivity contribution < 1.29 is 9.53 Å². The zero-order chi connectivity index (χ0) is 14.1. The van der Waals surface area contributed by atoms with E-state index in [0.29, 0.717) is 16.9 Å². The van der Waals surface area contributed by atoms with Crippen molar-refractivity contribution >= 4 is 29.9 Å². The molecule has 1 amide bonds. The standard InChI is InChI=1S/C15H19ClN2O2.ClH/c1-10-4-13(16)2-3-14(10)20-9-15(19)18-7-11-5-17-6-12(11)8-18;/h2-4,11-12,17H,5-9H2,1H3;1H/t11-,12+;. The summed E-state index contributed by atoms with van der Waals surface area (Å²) < 4.78 is 5.62. The topological polar surface area (TPSA) is 41.6 Å². The van der Waals surface area contributed by atoms with E-state index in [1.165, 1.54) is 0 Å². The summed E-state index contributed by atoms with van der Waals surface area (Å²) in [4.78, 5) is 14.1. The van der Waals surface area contributed by atoms with Gasteiger partial charge in [-0.15, -0.1) is 12.4 Å². The average molecular weight is 331 g/mol. The number of fused-ring (bicyclic) bond motifs is 1. The molecule has 0 aliphatic carbocycles. The monoisotopic (exact) mass is 330 g/mol. The summed E-state index contributed by atoms with van der Waals surface area (Å²) >= 11 is 5.90. The molecular formula is C15H20Cl2N2O2. The predicted octanol–water partition coefficient (Wildman–Crippen LogP) is 2.13. The summed E-state index contributed by atoms with van der Waals surface area (Å²) in [6.45, 7) is 5.82. The molecule has 0 aromatic heterocycles. The van der Waals surface area contributed by atoms with Gasteiger partial charge in [0.2, 0.25) is 0 Å². The Morgan fingerprint density at radius 3 is 2.67 bits per heavy atom. The molecule has 0 bridgehead atoms. The van der Waals surface area contributed by atoms with Gasteiger partial charge in [0.05, 0.1) is 0 Å². The zero-order valence-corrected chi connectivity index (χ0v) is 13.5. The van der Waals surface area contributed by atoms with Crippen LogP contribution >= 0.6 is 24.0 Å². The van der Waals surface area contributed by atoms with Crippen molar-refractivity contribution in [2.24, 2.45) is 11.8 Å². The quantitative estimate of drug-likeness (QED) is 0.923. The summed E-state index contributed by atoms with van der Waals surface area (Å²) in [6, 6.07) is 5.43. The molecule has 0 unspecified atom stereocenters. The Hall–Kier alpha value is -0.970. The highest BCUT2D eigenvalue weighted by molar-refractivity contribution is 6.30. The fourth-order valence-electron chi connectivity index (χ4n) is 3.06. The first kappa shape index (κ1) is 16.4. The van der Waals surface area contributed by atoms with Crippen molar-refractivity contribution in [3.63, 3.8) is 0 Å². The van der Waals surface area contributed by atoms with Crippen LogP contribution in [0.25, 0.3) is 0 Å². The van der Waals surface area contributed by atoms with E-state index in [4.69, 9.17) is 16.3 Å². The molecule has 1 aromatic rings. The van der Waals surface area contributed by atoms with Crippen LogP contribution in [-0.2, 0) is 4.79 Å². The van der Waals surface area contributed by atoms with Crippen LogP contribution in [0.1, 0.15) is 5.56 Å². The van der Waals surface area contributed by atoms with E-state index in [1.807, 2.05) is 24.0 Å². The SMILES string of the molecule is Cc1cc(Cl)ccc1OCC(=O)N1C[C@H]2CNC[C@H]2C1.Cl. The van der Waals surface area contributed by atoms with Crippen molar-refractivity contribution in [1.82, 2.24) is 10.2 Å². The van der Waals surface area contributed by atoms with Gasteiger partial charge in [0, 0.05) is 31.2 Å². The predicted molar refractivity (Wildman–Crippen MR) is 85.4 cm³/mol. The summed E-state index contributed by atoms with van der Waals surface area (Å²) in [5.41, 5.74) is 0.952. The number of likely N-dealkylation sites (tertiary alicyclic amines) is 1. The first-order valence-electron chi connectivity index (χ1n) is 7.01. The molecule has 21 heavy (non-hydrogen) atoms. The number of nitrogens with one attached hydrogen (secondary N) is 1. The molecule has 2 fully saturated rings. The van der Waals surface area contributed by atoms with Crippen LogP contribution < -0.4 is 10.1 Å². The number of halogens is 2. The molecule has 2 aliphatic rings. The van der Waals surface area contributed by atoms with Crippen molar-refractivity contribution in [1.29, 1.82) is 0 Å². The molecule has 2 atom stereocenters. The Labute approximate surface area is 136 Å². The van der Waals surface area contributed by atoms with Crippen LogP contribution in [0, 0.1) is 18.8 Å². The van der Waals surface area contributed by atoms with Crippen molar-refractivity contribution in [2.75, 3.05) is 32.8 Å². The van der Waals surface area contributed by atoms with Crippen molar-refractivity contribution in [3.8, 4) is 5.75 Å². The molecule has 116 valence electrons. The van der Waals surface area contributed by atoms with E-state index in [2.05, 4.69) is 5.32 Å². The highest BCUT2D eigenvalue weighted by Gasteiger charge is 2.37. The van der Waals surface area contributed by atoms with Crippen LogP contribution in [0.2, 0.25) is 5.02 Å². The largest absolute Gasteiger partial charge is 0.483 e. The minimum atomic E-state index is 0. The molecule has 0 spiro atoms. The zero-order valence-electron chi connectivity index (χ0n) is 12.0. The third kappa shape index (κ3) is 3.62. The number of carbonyl (C=O) groups is 1. The number of rotatable bonds is 3. The van der Waals surface area contributed by atoms with Crippen LogP contribution in [0.3, 0.4) is 0 Å². The maximum Gasteiger partial charge on any atom is 0.260 e. The second kappa shape index (κ2) is 6.86. The lowest BCUT2D eigenvalue weighted by Crippen LogP contribution is -2.35. The number of carbonyl (C=O) groups excluding carboxylic acids is 1. The molecule has 1 aromatic carbocycles. The third-order valence-electron chi connectivity index (χ3n) is 4.23. The molecule has 3 rings (SSSR count). The number of aryl methyl sites for hydroxylation is 1. The fourth-order valence-corrected chi connectivity index (χ4v) is 3.29. The van der Waals surface area contributed by atoms with Gasteiger partial charge in [-0.25, -0.2) is 0 Å². The van der Waals surface area contributed by atoms with Gasteiger partial charge in [0.1, 0.15) is 5.75 Å². The Morgan fingerprint density at radius 1 is 1.38 bits per heavy atom. The number of ether oxygens (including phenoxy) is 1. The summed E-state index contributed by atoms with van der Waals surface area (Å²) in [5.74, 6) is 2.05. The first-order valence-corrected chi connectivity index (χ1v) is 7.38. The highest BCUT2D eigenvalue weighted by atomic mass is 35.5. The second-order valence-electron chi connectivity index (χ2n) is 5.68. The molecule has 1 N–H and O–H groups in total. The lowest BCUT2D eigenvalue weighted by Gasteiger charge is -2.18. The van der Waals surface area contributed by atoms with Crippen LogP contribution in [0.4, 0.5) is 0 Å². The van der Waals surface area contributed by atoms with Gasteiger partial charge in [-0.2, -0.15) is 0 Å². The molecule has 2 saturated heterocycles. The van der Waals surface area contributed by atoms with E-state index in [1.54, 1.807) is 6.07 Å². The molecule has 0 radical (unpaired) electrons. The van der Waals surface area contributed by atoms with Gasteiger partial charge >= 0.3 is 0 Å². The summed E-state index contributed by atoms with van der Waals surface area (Å²) in [5, 5.41) is 4.05. The van der Waals surface area contributed by atoms with E-state index in [9.17, 15) is 4.79 Å². The van der Waals surface area contributed by atoms with E-state index in [0.717, 1.165) is 37.5 Å². The molecule has 2 heterocycles. The molecule has 2 aliphatic heterocycles. The minimum Gasteiger partial charge on any atom is -0.483 e. The van der Waals surface area contributed by atoms with Gasteiger partial charge in [-0.05, 0) is 42.5 Å². The summed E-state index contributed by atoms with van der Waals surface area (Å²) in [7, 11) is 0. The minimum absolute atomic E-state index is 0. The maximum atomic E-state index is 12.2. The second-order valence-corrected chi connectivity index (χ2v) is 6.11. The van der Waals surface area contributed by atoms with Crippen molar-refractivity contribution in [3.05, 3.63) is 28.8 Å². The van der Waals surface area contributed by atoms with Crippen LogP contribution in [0.15, 0.2) is 18.2 Å². The summed E-state index contributed by atoms with van der Waals surface area (Å²) in [6.07, 6.45) is 0. The van der Waals surface area contributed by atoms with Crippen LogP contribution in [-0.4, -0.2) is 43.6 Å². The van der Waals surface area contributed by atoms with Crippen LogP contribution in [0.5, 0.6) is 5.75 Å². The lowest BCUT2D eigenvalue weighted by molar-refractivity contribution is -0.132. The van der Waals surface area contributed by atoms with Gasteiger partial charge in [0.15, 0.2) is 6.61 Å². The van der Waals surface area contributed by atoms with E-state index < -0.39 is 0 Å². The fraction of sp³-hybridized carbons (Fsp3) is 0.533. The lowest BCUT2D eigenvalue weighted by atomic mass is 10.0. The number of hydrogen-bond donors (Lipinski definition) is 1. The molecule has 0 saturated carbocycles. The Kier molecular flexibility index (Phi) is 5.36. The Bertz CT molecular complexity index is 512. The normalized spacial score (nSPS) is 23.6. The van der Waals surface area contributed by atoms with E-state index >= 15 is 0 Å². The number of nitrogens with zero attached hydrogens (tertiary/aromatic N) is 1. The molecule has 4 nitrogen and oxygen atoms in total. The van der Waals surface area contributed by atoms with Gasteiger partial charge in [-0.1, -0.05) is 11.6 Å². The smallest absolute Gasteiger partial charge is 0.260 e. The maximum absolute atomic E-state index is 12.2. The first-order chi connectivity index (χ1) is 9.63. The van der Waals surface area contributed by atoms with Gasteiger partial charge < -0.3 is 15.0 Å². The van der Waals surface area contributed by atoms with Crippen molar-refractivity contribution in [2.45, 2.75) is 6.92 Å². The number of benzene rings is 1. The van der Waals surface area contributed by atoms with E-state index in [-0.39, 0.29) is 24.9 Å². The average Bonchev–Trinajstić information content (AvgIpc) is 2.98. The highest BCUT2D eigenvalue weighted by Crippen LogP contribution is 2.26. The molecular weight excluding hydrogens is 311 g/mol. The third-order valence-corrected chi connectivity index (χ3v) is 4.47. The Morgan fingerprint density at radius 2 is 2.05 bits per heavy atom.